The molecule has 272 valence electrons. The fraction of sp³-hybridized carbons (Fsp3) is 0. The van der Waals surface area contributed by atoms with Crippen molar-refractivity contribution in [3.8, 4) is 33.4 Å². The highest BCUT2D eigenvalue weighted by Crippen LogP contribution is 2.52. The fourth-order valence-corrected chi connectivity index (χ4v) is 10.1. The number of rotatable bonds is 6. The van der Waals surface area contributed by atoms with Crippen LogP contribution in [-0.4, -0.2) is 0 Å². The average Bonchev–Trinajstić information content (AvgIpc) is 3.98. The molecule has 4 heteroatoms. The molecule has 3 nitrogen and oxygen atoms in total. The molecule has 0 N–H and O–H groups in total. The van der Waals surface area contributed by atoms with Crippen molar-refractivity contribution in [2.24, 2.45) is 0 Å². The number of anilines is 3. The predicted molar refractivity (Wildman–Crippen MR) is 245 cm³/mol. The van der Waals surface area contributed by atoms with Gasteiger partial charge in [-0.15, -0.1) is 11.3 Å². The van der Waals surface area contributed by atoms with Crippen molar-refractivity contribution in [3.63, 3.8) is 0 Å². The Bertz CT molecular complexity index is 3500. The molecule has 0 amide bonds. The predicted octanol–water partition coefficient (Wildman–Crippen LogP) is 16.3. The molecule has 0 unspecified atom stereocenters. The molecule has 0 atom stereocenters. The minimum atomic E-state index is 0.817. The molecule has 12 aromatic rings. The Morgan fingerprint density at radius 1 is 0.362 bits per heavy atom. The van der Waals surface area contributed by atoms with Crippen LogP contribution in [0.2, 0.25) is 0 Å². The van der Waals surface area contributed by atoms with Gasteiger partial charge in [-0.25, -0.2) is 0 Å². The van der Waals surface area contributed by atoms with E-state index < -0.39 is 0 Å². The van der Waals surface area contributed by atoms with Crippen molar-refractivity contribution in [3.05, 3.63) is 200 Å². The van der Waals surface area contributed by atoms with Gasteiger partial charge in [-0.1, -0.05) is 158 Å². The minimum Gasteiger partial charge on any atom is -0.456 e. The van der Waals surface area contributed by atoms with E-state index in [0.717, 1.165) is 83.2 Å². The molecule has 0 saturated carbocycles. The van der Waals surface area contributed by atoms with E-state index in [9.17, 15) is 0 Å². The molecule has 0 saturated heterocycles. The number of fused-ring (bicyclic) bond motifs is 9. The molecule has 58 heavy (non-hydrogen) atoms. The number of furan rings is 2. The van der Waals surface area contributed by atoms with Crippen LogP contribution in [0.4, 0.5) is 17.1 Å². The van der Waals surface area contributed by atoms with Gasteiger partial charge < -0.3 is 13.7 Å². The summed E-state index contributed by atoms with van der Waals surface area (Å²) < 4.78 is 16.3. The molecule has 9 aromatic carbocycles. The molecule has 3 heterocycles. The SMILES string of the molecule is c1ccc(-c2ccc(-c3c4oc5cccc(N(c6ccccc6-c6ccccc6)c6cccc7c6sc6ccccc67)c5c4cc4oc5ccccc5c34)cc2)cc1. The average molecular weight is 760 g/mol. The summed E-state index contributed by atoms with van der Waals surface area (Å²) in [5, 5.41) is 6.67. The van der Waals surface area contributed by atoms with Crippen LogP contribution in [0.3, 0.4) is 0 Å². The molecule has 0 bridgehead atoms. The molecule has 12 rings (SSSR count). The maximum absolute atomic E-state index is 7.13. The van der Waals surface area contributed by atoms with Gasteiger partial charge in [0.15, 0.2) is 0 Å². The lowest BCUT2D eigenvalue weighted by Gasteiger charge is -2.29. The lowest BCUT2D eigenvalue weighted by molar-refractivity contribution is 0.664. The summed E-state index contributed by atoms with van der Waals surface area (Å²) in [6.45, 7) is 0. The zero-order chi connectivity index (χ0) is 38.2. The van der Waals surface area contributed by atoms with E-state index in [2.05, 4.69) is 199 Å². The Morgan fingerprint density at radius 3 is 1.81 bits per heavy atom. The van der Waals surface area contributed by atoms with E-state index in [0.29, 0.717) is 0 Å². The molecular weight excluding hydrogens is 727 g/mol. The quantitative estimate of drug-likeness (QED) is 0.169. The first-order valence-electron chi connectivity index (χ1n) is 19.6. The normalized spacial score (nSPS) is 11.8. The zero-order valence-electron chi connectivity index (χ0n) is 31.2. The number of thiophene rings is 1. The second-order valence-electron chi connectivity index (χ2n) is 14.8. The third-order valence-corrected chi connectivity index (χ3v) is 12.7. The molecule has 3 aromatic heterocycles. The lowest BCUT2D eigenvalue weighted by Crippen LogP contribution is -2.11. The van der Waals surface area contributed by atoms with E-state index in [-0.39, 0.29) is 0 Å². The summed E-state index contributed by atoms with van der Waals surface area (Å²) in [7, 11) is 0. The van der Waals surface area contributed by atoms with Crippen molar-refractivity contribution >= 4 is 92.4 Å². The molecule has 0 aliphatic rings. The molecule has 0 spiro atoms. The summed E-state index contributed by atoms with van der Waals surface area (Å²) in [5.41, 5.74) is 13.3. The van der Waals surface area contributed by atoms with Crippen molar-refractivity contribution in [2.45, 2.75) is 0 Å². The Morgan fingerprint density at radius 2 is 0.966 bits per heavy atom. The fourth-order valence-electron chi connectivity index (χ4n) is 8.90. The maximum Gasteiger partial charge on any atom is 0.144 e. The highest BCUT2D eigenvalue weighted by molar-refractivity contribution is 7.26. The monoisotopic (exact) mass is 759 g/mol. The lowest BCUT2D eigenvalue weighted by atomic mass is 9.94. The number of nitrogens with zero attached hydrogens (tertiary/aromatic N) is 1. The van der Waals surface area contributed by atoms with Crippen LogP contribution < -0.4 is 4.90 Å². The number of hydrogen-bond donors (Lipinski definition) is 0. The molecular formula is C54H33NO2S. The molecule has 0 aliphatic heterocycles. The van der Waals surface area contributed by atoms with Crippen LogP contribution in [0.5, 0.6) is 0 Å². The minimum absolute atomic E-state index is 0.817. The van der Waals surface area contributed by atoms with Gasteiger partial charge >= 0.3 is 0 Å². The van der Waals surface area contributed by atoms with Crippen molar-refractivity contribution in [1.29, 1.82) is 0 Å². The Labute approximate surface area is 338 Å². The molecule has 0 radical (unpaired) electrons. The highest BCUT2D eigenvalue weighted by atomic mass is 32.1. The van der Waals surface area contributed by atoms with Crippen LogP contribution in [0.1, 0.15) is 0 Å². The first kappa shape index (κ1) is 32.8. The second kappa shape index (κ2) is 13.1. The van der Waals surface area contributed by atoms with Gasteiger partial charge in [-0.3, -0.25) is 0 Å². The van der Waals surface area contributed by atoms with Gasteiger partial charge in [0.2, 0.25) is 0 Å². The van der Waals surface area contributed by atoms with E-state index in [4.69, 9.17) is 8.83 Å². The Kier molecular flexibility index (Phi) is 7.40. The van der Waals surface area contributed by atoms with Crippen molar-refractivity contribution in [1.82, 2.24) is 0 Å². The topological polar surface area (TPSA) is 29.5 Å². The number of para-hydroxylation sites is 2. The maximum atomic E-state index is 7.13. The standard InChI is InChI=1S/C54H33NO2S/c1-3-15-34(16-4-1)35-29-31-37(32-30-35)50-52-41-21-8-11-26-46(41)56-48(52)33-42-51-44(24-14-27-47(51)57-53(42)50)55(43-23-10-7-19-38(43)36-17-5-2-6-18-36)45-25-13-22-40-39-20-9-12-28-49(39)58-54(40)45/h1-33H. The van der Waals surface area contributed by atoms with Crippen LogP contribution in [-0.2, 0) is 0 Å². The first-order chi connectivity index (χ1) is 28.8. The van der Waals surface area contributed by atoms with Crippen LogP contribution in [0.25, 0.3) is 97.4 Å². The summed E-state index contributed by atoms with van der Waals surface area (Å²) in [6, 6.07) is 71.2. The largest absolute Gasteiger partial charge is 0.456 e. The first-order valence-corrected chi connectivity index (χ1v) is 20.4. The van der Waals surface area contributed by atoms with E-state index in [1.165, 1.54) is 31.3 Å². The third kappa shape index (κ3) is 5.05. The van der Waals surface area contributed by atoms with Crippen LogP contribution in [0, 0.1) is 0 Å². The van der Waals surface area contributed by atoms with E-state index in [1.54, 1.807) is 0 Å². The van der Waals surface area contributed by atoms with Crippen LogP contribution in [0.15, 0.2) is 209 Å². The molecule has 0 fully saturated rings. The zero-order valence-corrected chi connectivity index (χ0v) is 32.0. The van der Waals surface area contributed by atoms with Gasteiger partial charge in [0.05, 0.1) is 27.1 Å². The number of hydrogen-bond acceptors (Lipinski definition) is 4. The summed E-state index contributed by atoms with van der Waals surface area (Å²) >= 11 is 1.84. The summed E-state index contributed by atoms with van der Waals surface area (Å²) in [6.07, 6.45) is 0. The van der Waals surface area contributed by atoms with Gasteiger partial charge in [0, 0.05) is 42.8 Å². The van der Waals surface area contributed by atoms with Gasteiger partial charge in [0.25, 0.3) is 0 Å². The van der Waals surface area contributed by atoms with E-state index >= 15 is 0 Å². The van der Waals surface area contributed by atoms with Crippen LogP contribution >= 0.6 is 11.3 Å². The summed E-state index contributed by atoms with van der Waals surface area (Å²) in [5.74, 6) is 0. The molecule has 0 aliphatic carbocycles. The Balaban J connectivity index is 1.18. The summed E-state index contributed by atoms with van der Waals surface area (Å²) in [4.78, 5) is 2.45. The van der Waals surface area contributed by atoms with Gasteiger partial charge in [0.1, 0.15) is 22.3 Å². The van der Waals surface area contributed by atoms with E-state index in [1.807, 2.05) is 17.4 Å². The third-order valence-electron chi connectivity index (χ3n) is 11.5. The van der Waals surface area contributed by atoms with Gasteiger partial charge in [-0.05, 0) is 64.7 Å². The van der Waals surface area contributed by atoms with Gasteiger partial charge in [-0.2, -0.15) is 0 Å². The second-order valence-corrected chi connectivity index (χ2v) is 15.8. The van der Waals surface area contributed by atoms with Crippen molar-refractivity contribution in [2.75, 3.05) is 4.90 Å². The van der Waals surface area contributed by atoms with Crippen molar-refractivity contribution < 1.29 is 8.83 Å². The Hall–Kier alpha value is -7.40. The smallest absolute Gasteiger partial charge is 0.144 e. The highest BCUT2D eigenvalue weighted by Gasteiger charge is 2.27. The number of benzene rings is 9.